The highest BCUT2D eigenvalue weighted by atomic mass is 19.1. The first-order valence-corrected chi connectivity index (χ1v) is 4.93. The van der Waals surface area contributed by atoms with E-state index in [2.05, 4.69) is 5.32 Å². The van der Waals surface area contributed by atoms with Crippen molar-refractivity contribution in [2.45, 2.75) is 33.1 Å². The molecule has 0 amide bonds. The Bertz CT molecular complexity index is 126. The van der Waals surface area contributed by atoms with Gasteiger partial charge in [-0.3, -0.25) is 4.39 Å². The summed E-state index contributed by atoms with van der Waals surface area (Å²) in [5, 5.41) is 3.35. The van der Waals surface area contributed by atoms with Crippen LogP contribution < -0.4 is 5.32 Å². The van der Waals surface area contributed by atoms with Gasteiger partial charge < -0.3 is 5.32 Å². The third-order valence-corrected chi connectivity index (χ3v) is 3.03. The van der Waals surface area contributed by atoms with E-state index < -0.39 is 0 Å². The van der Waals surface area contributed by atoms with Gasteiger partial charge in [0.2, 0.25) is 0 Å². The van der Waals surface area contributed by atoms with E-state index in [-0.39, 0.29) is 12.1 Å². The number of alkyl halides is 1. The van der Waals surface area contributed by atoms with E-state index >= 15 is 0 Å². The second-order valence-electron chi connectivity index (χ2n) is 4.50. The summed E-state index contributed by atoms with van der Waals surface area (Å²) >= 11 is 0. The molecule has 1 rings (SSSR count). The van der Waals surface area contributed by atoms with Gasteiger partial charge in [-0.1, -0.05) is 13.8 Å². The van der Waals surface area contributed by atoms with Crippen LogP contribution in [-0.4, -0.2) is 19.8 Å². The Morgan fingerprint density at radius 2 is 2.08 bits per heavy atom. The van der Waals surface area contributed by atoms with Crippen LogP contribution in [0.5, 0.6) is 0 Å². The highest BCUT2D eigenvalue weighted by Gasteiger charge is 2.29. The first kappa shape index (κ1) is 9.97. The number of hydrogen-bond donors (Lipinski definition) is 1. The minimum Gasteiger partial charge on any atom is -0.317 e. The molecule has 0 saturated carbocycles. The topological polar surface area (TPSA) is 12.0 Å². The second kappa shape index (κ2) is 4.22. The summed E-state index contributed by atoms with van der Waals surface area (Å²) < 4.78 is 12.7. The highest BCUT2D eigenvalue weighted by Crippen LogP contribution is 2.33. The number of rotatable bonds is 2. The summed E-state index contributed by atoms with van der Waals surface area (Å²) in [6, 6.07) is 0. The fourth-order valence-corrected chi connectivity index (χ4v) is 1.91. The van der Waals surface area contributed by atoms with Gasteiger partial charge in [-0.15, -0.1) is 0 Å². The van der Waals surface area contributed by atoms with Crippen molar-refractivity contribution in [1.29, 1.82) is 0 Å². The van der Waals surface area contributed by atoms with Crippen molar-refractivity contribution in [3.8, 4) is 0 Å². The molecule has 1 unspecified atom stereocenters. The lowest BCUT2D eigenvalue weighted by Gasteiger charge is -2.30. The lowest BCUT2D eigenvalue weighted by Crippen LogP contribution is -2.27. The minimum atomic E-state index is -0.183. The van der Waals surface area contributed by atoms with Gasteiger partial charge in [0, 0.05) is 0 Å². The molecule has 0 radical (unpaired) electrons. The van der Waals surface area contributed by atoms with Crippen LogP contribution in [0, 0.1) is 11.3 Å². The molecule has 0 aromatic carbocycles. The second-order valence-corrected chi connectivity index (χ2v) is 4.50. The molecule has 2 heteroatoms. The lowest BCUT2D eigenvalue weighted by molar-refractivity contribution is 0.144. The van der Waals surface area contributed by atoms with Crippen molar-refractivity contribution < 1.29 is 4.39 Å². The van der Waals surface area contributed by atoms with Gasteiger partial charge in [0.25, 0.3) is 0 Å². The van der Waals surface area contributed by atoms with Crippen LogP contribution in [0.15, 0.2) is 0 Å². The summed E-state index contributed by atoms with van der Waals surface area (Å²) in [5.74, 6) is 0.567. The van der Waals surface area contributed by atoms with Crippen LogP contribution in [-0.2, 0) is 0 Å². The summed E-state index contributed by atoms with van der Waals surface area (Å²) in [4.78, 5) is 0. The third kappa shape index (κ3) is 2.44. The number of hydrogen-bond acceptors (Lipinski definition) is 1. The predicted octanol–water partition coefficient (Wildman–Crippen LogP) is 2.37. The van der Waals surface area contributed by atoms with Crippen molar-refractivity contribution in [2.24, 2.45) is 11.3 Å². The zero-order valence-electron chi connectivity index (χ0n) is 8.20. The minimum absolute atomic E-state index is 0.105. The van der Waals surface area contributed by atoms with Gasteiger partial charge in [0.15, 0.2) is 0 Å². The molecule has 1 aliphatic rings. The van der Waals surface area contributed by atoms with Gasteiger partial charge in [0.05, 0.1) is 6.67 Å². The maximum absolute atomic E-state index is 12.7. The van der Waals surface area contributed by atoms with Crippen LogP contribution in [0.4, 0.5) is 4.39 Å². The maximum atomic E-state index is 12.7. The molecular weight excluding hydrogens is 153 g/mol. The van der Waals surface area contributed by atoms with E-state index in [4.69, 9.17) is 0 Å². The first-order valence-electron chi connectivity index (χ1n) is 4.93. The molecule has 1 atom stereocenters. The summed E-state index contributed by atoms with van der Waals surface area (Å²) in [5.41, 5.74) is -0.105. The van der Waals surface area contributed by atoms with E-state index in [9.17, 15) is 4.39 Å². The number of halogens is 1. The van der Waals surface area contributed by atoms with Gasteiger partial charge in [-0.2, -0.15) is 0 Å². The molecule has 0 aliphatic carbocycles. The van der Waals surface area contributed by atoms with E-state index in [1.54, 1.807) is 0 Å². The molecular formula is C10H20FN. The largest absolute Gasteiger partial charge is 0.317 e. The van der Waals surface area contributed by atoms with Crippen LogP contribution in [0.2, 0.25) is 0 Å². The average molecular weight is 173 g/mol. The van der Waals surface area contributed by atoms with Crippen LogP contribution >= 0.6 is 0 Å². The first-order chi connectivity index (χ1) is 5.67. The van der Waals surface area contributed by atoms with Crippen LogP contribution in [0.3, 0.4) is 0 Å². The molecule has 1 saturated heterocycles. The standard InChI is InChI=1S/C10H20FN/c1-10(2,8-11)9-4-3-6-12-7-5-9/h9,12H,3-8H2,1-2H3. The maximum Gasteiger partial charge on any atom is 0.0947 e. The monoisotopic (exact) mass is 173 g/mol. The smallest absolute Gasteiger partial charge is 0.0947 e. The molecule has 1 heterocycles. The molecule has 0 aromatic rings. The van der Waals surface area contributed by atoms with Gasteiger partial charge in [-0.05, 0) is 43.7 Å². The van der Waals surface area contributed by atoms with Gasteiger partial charge >= 0.3 is 0 Å². The summed E-state index contributed by atoms with van der Waals surface area (Å²) in [6.45, 7) is 6.08. The zero-order valence-corrected chi connectivity index (χ0v) is 8.20. The SMILES string of the molecule is CC(C)(CF)C1CCCNCC1. The van der Waals surface area contributed by atoms with E-state index in [1.807, 2.05) is 13.8 Å². The average Bonchev–Trinajstić information content (AvgIpc) is 2.32. The Labute approximate surface area is 74.7 Å². The zero-order chi connectivity index (χ0) is 9.03. The highest BCUT2D eigenvalue weighted by molar-refractivity contribution is 4.80. The van der Waals surface area contributed by atoms with Crippen LogP contribution in [0.1, 0.15) is 33.1 Å². The molecule has 0 aromatic heterocycles. The molecule has 12 heavy (non-hydrogen) atoms. The van der Waals surface area contributed by atoms with Crippen molar-refractivity contribution in [1.82, 2.24) is 5.32 Å². The van der Waals surface area contributed by atoms with E-state index in [1.165, 1.54) is 12.8 Å². The fraction of sp³-hybridized carbons (Fsp3) is 1.00. The Morgan fingerprint density at radius 1 is 1.33 bits per heavy atom. The third-order valence-electron chi connectivity index (χ3n) is 3.03. The van der Waals surface area contributed by atoms with E-state index in [0.29, 0.717) is 5.92 Å². The predicted molar refractivity (Wildman–Crippen MR) is 50.0 cm³/mol. The molecule has 1 N–H and O–H groups in total. The van der Waals surface area contributed by atoms with Crippen molar-refractivity contribution >= 4 is 0 Å². The Hall–Kier alpha value is -0.110. The van der Waals surface area contributed by atoms with Crippen molar-refractivity contribution in [3.05, 3.63) is 0 Å². The Morgan fingerprint density at radius 3 is 2.75 bits per heavy atom. The van der Waals surface area contributed by atoms with Gasteiger partial charge in [0.1, 0.15) is 0 Å². The quantitative estimate of drug-likeness (QED) is 0.676. The summed E-state index contributed by atoms with van der Waals surface area (Å²) in [6.07, 6.45) is 3.52. The van der Waals surface area contributed by atoms with Crippen molar-refractivity contribution in [3.63, 3.8) is 0 Å². The molecule has 1 nitrogen and oxygen atoms in total. The number of nitrogens with one attached hydrogen (secondary N) is 1. The summed E-state index contributed by atoms with van der Waals surface area (Å²) in [7, 11) is 0. The molecule has 1 aliphatic heterocycles. The molecule has 72 valence electrons. The normalized spacial score (nSPS) is 26.8. The lowest BCUT2D eigenvalue weighted by atomic mass is 9.76. The molecule has 0 spiro atoms. The van der Waals surface area contributed by atoms with Gasteiger partial charge in [-0.25, -0.2) is 0 Å². The van der Waals surface area contributed by atoms with Crippen molar-refractivity contribution in [2.75, 3.05) is 19.8 Å². The van der Waals surface area contributed by atoms with E-state index in [0.717, 1.165) is 19.5 Å². The Kier molecular flexibility index (Phi) is 3.51. The molecule has 0 bridgehead atoms. The molecule has 1 fully saturated rings. The van der Waals surface area contributed by atoms with Crippen LogP contribution in [0.25, 0.3) is 0 Å². The Balaban J connectivity index is 2.47. The fourth-order valence-electron chi connectivity index (χ4n) is 1.91.